The Morgan fingerprint density at radius 3 is 2.52 bits per heavy atom. The number of carbonyl (C=O) groups is 3. The van der Waals surface area contributed by atoms with Gasteiger partial charge in [-0.2, -0.15) is 0 Å². The Balaban J connectivity index is 2.04. The van der Waals surface area contributed by atoms with E-state index in [1.54, 1.807) is 42.3 Å². The zero-order valence-corrected chi connectivity index (χ0v) is 15.5. The molecule has 2 rings (SSSR count). The summed E-state index contributed by atoms with van der Waals surface area (Å²) in [5, 5.41) is 2.81. The maximum Gasteiger partial charge on any atom is 0.343 e. The average molecular weight is 370 g/mol. The van der Waals surface area contributed by atoms with Crippen molar-refractivity contribution in [2.45, 2.75) is 13.5 Å². The zero-order valence-electron chi connectivity index (χ0n) is 15.5. The van der Waals surface area contributed by atoms with E-state index in [-0.39, 0.29) is 18.4 Å². The molecule has 0 aliphatic heterocycles. The van der Waals surface area contributed by atoms with Gasteiger partial charge in [-0.05, 0) is 35.9 Å². The Morgan fingerprint density at radius 2 is 1.81 bits per heavy atom. The van der Waals surface area contributed by atoms with E-state index in [0.29, 0.717) is 23.5 Å². The van der Waals surface area contributed by atoms with Gasteiger partial charge < -0.3 is 19.7 Å². The number of benzene rings is 2. The number of esters is 1. The Kier molecular flexibility index (Phi) is 6.93. The highest BCUT2D eigenvalue weighted by Crippen LogP contribution is 2.17. The molecule has 2 amide bonds. The van der Waals surface area contributed by atoms with E-state index < -0.39 is 5.97 Å². The van der Waals surface area contributed by atoms with E-state index in [4.69, 9.17) is 4.74 Å². The van der Waals surface area contributed by atoms with Gasteiger partial charge in [0.2, 0.25) is 5.91 Å². The van der Waals surface area contributed by atoms with Crippen molar-refractivity contribution in [3.63, 3.8) is 0 Å². The van der Waals surface area contributed by atoms with Crippen molar-refractivity contribution in [1.82, 2.24) is 4.90 Å². The number of hydrogen-bond donors (Lipinski definition) is 1. The molecule has 0 aromatic heterocycles. The van der Waals surface area contributed by atoms with Crippen LogP contribution in [0.25, 0.3) is 0 Å². The van der Waals surface area contributed by atoms with Crippen molar-refractivity contribution in [3.05, 3.63) is 59.7 Å². The fraction of sp³-hybridized carbons (Fsp3) is 0.250. The number of nitrogens with one attached hydrogen (secondary N) is 1. The van der Waals surface area contributed by atoms with Crippen LogP contribution in [0.1, 0.15) is 22.8 Å². The van der Waals surface area contributed by atoms with Crippen molar-refractivity contribution in [3.8, 4) is 5.75 Å². The molecule has 0 aliphatic carbocycles. The van der Waals surface area contributed by atoms with E-state index in [1.807, 2.05) is 18.2 Å². The molecule has 142 valence electrons. The van der Waals surface area contributed by atoms with Gasteiger partial charge >= 0.3 is 5.97 Å². The number of amides is 2. The van der Waals surface area contributed by atoms with E-state index in [1.165, 1.54) is 14.0 Å². The number of ether oxygens (including phenoxy) is 2. The van der Waals surface area contributed by atoms with Crippen molar-refractivity contribution in [2.24, 2.45) is 0 Å². The summed E-state index contributed by atoms with van der Waals surface area (Å²) in [6.07, 6.45) is 0. The van der Waals surface area contributed by atoms with Gasteiger partial charge in [-0.25, -0.2) is 4.79 Å². The van der Waals surface area contributed by atoms with Gasteiger partial charge in [0, 0.05) is 31.8 Å². The molecule has 0 bridgehead atoms. The molecule has 1 N–H and O–H groups in total. The highest BCUT2D eigenvalue weighted by molar-refractivity contribution is 6.04. The van der Waals surface area contributed by atoms with Gasteiger partial charge in [0.05, 0.1) is 7.11 Å². The van der Waals surface area contributed by atoms with Crippen LogP contribution in [0.4, 0.5) is 5.69 Å². The molecule has 0 unspecified atom stereocenters. The van der Waals surface area contributed by atoms with Gasteiger partial charge in [0.1, 0.15) is 5.75 Å². The lowest BCUT2D eigenvalue weighted by Crippen LogP contribution is -2.23. The number of methoxy groups -OCH3 is 1. The van der Waals surface area contributed by atoms with Crippen LogP contribution in [0, 0.1) is 0 Å². The maximum absolute atomic E-state index is 12.5. The molecule has 0 atom stereocenters. The summed E-state index contributed by atoms with van der Waals surface area (Å²) in [6, 6.07) is 13.8. The Morgan fingerprint density at radius 1 is 1.07 bits per heavy atom. The monoisotopic (exact) mass is 370 g/mol. The Labute approximate surface area is 157 Å². The topological polar surface area (TPSA) is 84.9 Å². The number of carbonyl (C=O) groups excluding carboxylic acids is 3. The number of nitrogens with zero attached hydrogens (tertiary/aromatic N) is 1. The predicted octanol–water partition coefficient (Wildman–Crippen LogP) is 2.47. The second kappa shape index (κ2) is 9.38. The molecule has 7 nitrogen and oxygen atoms in total. The van der Waals surface area contributed by atoms with E-state index in [9.17, 15) is 14.4 Å². The van der Waals surface area contributed by atoms with Gasteiger partial charge in [-0.15, -0.1) is 0 Å². The largest absolute Gasteiger partial charge is 0.482 e. The summed E-state index contributed by atoms with van der Waals surface area (Å²) in [5.41, 5.74) is 1.92. The number of anilines is 1. The molecule has 0 aliphatic rings. The SMILES string of the molecule is COC(=O)COc1cccc(C(=O)Nc2cccc(CN(C)C(C)=O)c2)c1. The fourth-order valence-corrected chi connectivity index (χ4v) is 2.26. The van der Waals surface area contributed by atoms with Crippen LogP contribution < -0.4 is 10.1 Å². The number of hydrogen-bond acceptors (Lipinski definition) is 5. The maximum atomic E-state index is 12.5. The third kappa shape index (κ3) is 6.14. The first-order valence-electron chi connectivity index (χ1n) is 8.30. The van der Waals surface area contributed by atoms with Crippen molar-refractivity contribution < 1.29 is 23.9 Å². The second-order valence-corrected chi connectivity index (χ2v) is 5.92. The quantitative estimate of drug-likeness (QED) is 0.757. The van der Waals surface area contributed by atoms with Crippen LogP contribution in [0.2, 0.25) is 0 Å². The first-order valence-corrected chi connectivity index (χ1v) is 8.30. The van der Waals surface area contributed by atoms with Crippen LogP contribution in [-0.2, 0) is 20.9 Å². The Hall–Kier alpha value is -3.35. The lowest BCUT2D eigenvalue weighted by molar-refractivity contribution is -0.142. The third-order valence-electron chi connectivity index (χ3n) is 3.82. The first-order chi connectivity index (χ1) is 12.9. The molecule has 0 saturated heterocycles. The standard InChI is InChI=1S/C20H22N2O5/c1-14(23)22(2)12-15-6-4-8-17(10-15)21-20(25)16-7-5-9-18(11-16)27-13-19(24)26-3/h4-11H,12-13H2,1-3H3,(H,21,25). The van der Waals surface area contributed by atoms with Crippen molar-refractivity contribution in [1.29, 1.82) is 0 Å². The molecular weight excluding hydrogens is 348 g/mol. The van der Waals surface area contributed by atoms with E-state index in [2.05, 4.69) is 10.1 Å². The lowest BCUT2D eigenvalue weighted by Gasteiger charge is -2.15. The molecule has 2 aromatic rings. The molecule has 2 aromatic carbocycles. The molecular formula is C20H22N2O5. The van der Waals surface area contributed by atoms with Crippen LogP contribution in [0.3, 0.4) is 0 Å². The van der Waals surface area contributed by atoms with Gasteiger partial charge in [-0.3, -0.25) is 9.59 Å². The molecule has 0 saturated carbocycles. The number of rotatable bonds is 7. The summed E-state index contributed by atoms with van der Waals surface area (Å²) in [4.78, 5) is 36.6. The fourth-order valence-electron chi connectivity index (χ4n) is 2.26. The van der Waals surface area contributed by atoms with Crippen molar-refractivity contribution >= 4 is 23.5 Å². The smallest absolute Gasteiger partial charge is 0.343 e. The summed E-state index contributed by atoms with van der Waals surface area (Å²) in [6.45, 7) is 1.73. The summed E-state index contributed by atoms with van der Waals surface area (Å²) >= 11 is 0. The van der Waals surface area contributed by atoms with E-state index in [0.717, 1.165) is 5.56 Å². The van der Waals surface area contributed by atoms with Crippen molar-refractivity contribution in [2.75, 3.05) is 26.1 Å². The minimum atomic E-state index is -0.503. The molecule has 0 heterocycles. The molecule has 0 spiro atoms. The summed E-state index contributed by atoms with van der Waals surface area (Å²) < 4.78 is 9.81. The molecule has 27 heavy (non-hydrogen) atoms. The Bertz CT molecular complexity index is 835. The third-order valence-corrected chi connectivity index (χ3v) is 3.82. The second-order valence-electron chi connectivity index (χ2n) is 5.92. The van der Waals surface area contributed by atoms with Crippen LogP contribution in [0.15, 0.2) is 48.5 Å². The highest BCUT2D eigenvalue weighted by atomic mass is 16.6. The molecule has 7 heteroatoms. The minimum absolute atomic E-state index is 0.0341. The van der Waals surface area contributed by atoms with E-state index >= 15 is 0 Å². The normalized spacial score (nSPS) is 10.0. The average Bonchev–Trinajstić information content (AvgIpc) is 2.66. The van der Waals surface area contributed by atoms with Crippen LogP contribution in [-0.4, -0.2) is 43.4 Å². The van der Waals surface area contributed by atoms with Crippen LogP contribution in [0.5, 0.6) is 5.75 Å². The summed E-state index contributed by atoms with van der Waals surface area (Å²) in [7, 11) is 2.99. The summed E-state index contributed by atoms with van der Waals surface area (Å²) in [5.74, 6) is -0.453. The highest BCUT2D eigenvalue weighted by Gasteiger charge is 2.10. The van der Waals surface area contributed by atoms with Gasteiger partial charge in [-0.1, -0.05) is 18.2 Å². The lowest BCUT2D eigenvalue weighted by atomic mass is 10.1. The first kappa shape index (κ1) is 20.0. The van der Waals surface area contributed by atoms with Gasteiger partial charge in [0.15, 0.2) is 6.61 Å². The van der Waals surface area contributed by atoms with Crippen LogP contribution >= 0.6 is 0 Å². The van der Waals surface area contributed by atoms with Gasteiger partial charge in [0.25, 0.3) is 5.91 Å². The predicted molar refractivity (Wildman–Crippen MR) is 100 cm³/mol. The zero-order chi connectivity index (χ0) is 19.8. The minimum Gasteiger partial charge on any atom is -0.482 e. The molecule has 0 fully saturated rings. The molecule has 0 radical (unpaired) electrons.